The van der Waals surface area contributed by atoms with Crippen molar-refractivity contribution in [3.8, 4) is 0 Å². The maximum atomic E-state index is 13.1. The van der Waals surface area contributed by atoms with Crippen LogP contribution in [-0.2, 0) is 4.74 Å². The van der Waals surface area contributed by atoms with E-state index in [9.17, 15) is 9.18 Å². The van der Waals surface area contributed by atoms with Crippen molar-refractivity contribution >= 4 is 5.91 Å². The maximum Gasteiger partial charge on any atom is 0.251 e. The predicted octanol–water partition coefficient (Wildman–Crippen LogP) is 2.82. The van der Waals surface area contributed by atoms with Gasteiger partial charge in [0.05, 0.1) is 12.7 Å². The fourth-order valence-electron chi connectivity index (χ4n) is 2.33. The van der Waals surface area contributed by atoms with E-state index in [4.69, 9.17) is 4.74 Å². The van der Waals surface area contributed by atoms with Crippen molar-refractivity contribution in [1.29, 1.82) is 0 Å². The van der Waals surface area contributed by atoms with E-state index >= 15 is 0 Å². The number of nitrogens with one attached hydrogen (secondary N) is 1. The largest absolute Gasteiger partial charge is 0.376 e. The molecule has 19 heavy (non-hydrogen) atoms. The first kappa shape index (κ1) is 14.0. The van der Waals surface area contributed by atoms with Crippen molar-refractivity contribution in [3.05, 3.63) is 35.1 Å². The van der Waals surface area contributed by atoms with Gasteiger partial charge < -0.3 is 10.1 Å². The zero-order valence-electron chi connectivity index (χ0n) is 11.2. The molecule has 1 aromatic rings. The minimum Gasteiger partial charge on any atom is -0.376 e. The van der Waals surface area contributed by atoms with Crippen LogP contribution in [0.15, 0.2) is 18.2 Å². The number of carbonyl (C=O) groups is 1. The van der Waals surface area contributed by atoms with Crippen LogP contribution in [0.2, 0.25) is 0 Å². The molecule has 0 aromatic heterocycles. The van der Waals surface area contributed by atoms with Gasteiger partial charge in [0.1, 0.15) is 5.82 Å². The van der Waals surface area contributed by atoms with Crippen LogP contribution in [0.1, 0.15) is 41.6 Å². The molecule has 0 radical (unpaired) electrons. The lowest BCUT2D eigenvalue weighted by molar-refractivity contribution is 0.0582. The Balaban J connectivity index is 1.72. The molecule has 0 spiro atoms. The van der Waals surface area contributed by atoms with Gasteiger partial charge in [-0.25, -0.2) is 4.39 Å². The highest BCUT2D eigenvalue weighted by molar-refractivity contribution is 5.94. The number of halogens is 1. The zero-order chi connectivity index (χ0) is 13.7. The van der Waals surface area contributed by atoms with Gasteiger partial charge in [0, 0.05) is 12.1 Å². The average molecular weight is 265 g/mol. The molecule has 1 aliphatic rings. The predicted molar refractivity (Wildman–Crippen MR) is 71.7 cm³/mol. The molecule has 0 aliphatic heterocycles. The number of rotatable bonds is 5. The Hall–Kier alpha value is -1.42. The lowest BCUT2D eigenvalue weighted by Crippen LogP contribution is -2.28. The third kappa shape index (κ3) is 4.03. The second-order valence-corrected chi connectivity index (χ2v) is 5.00. The lowest BCUT2D eigenvalue weighted by Gasteiger charge is -2.11. The first-order chi connectivity index (χ1) is 9.16. The number of carbonyl (C=O) groups excluding carboxylic acids is 1. The molecule has 1 amide bonds. The Morgan fingerprint density at radius 1 is 1.42 bits per heavy atom. The van der Waals surface area contributed by atoms with Crippen molar-refractivity contribution in [2.45, 2.75) is 38.7 Å². The summed E-state index contributed by atoms with van der Waals surface area (Å²) in [5, 5.41) is 2.78. The second kappa shape index (κ2) is 6.66. The summed E-state index contributed by atoms with van der Waals surface area (Å²) in [5.74, 6) is -0.473. The van der Waals surface area contributed by atoms with Crippen LogP contribution in [-0.4, -0.2) is 25.2 Å². The molecule has 2 rings (SSSR count). The Kier molecular flexibility index (Phi) is 4.91. The molecular formula is C15H20FNO2. The van der Waals surface area contributed by atoms with Gasteiger partial charge in [0.15, 0.2) is 0 Å². The van der Waals surface area contributed by atoms with E-state index in [0.29, 0.717) is 30.4 Å². The molecule has 1 saturated carbocycles. The fraction of sp³-hybridized carbons (Fsp3) is 0.533. The van der Waals surface area contributed by atoms with Gasteiger partial charge in [-0.15, -0.1) is 0 Å². The first-order valence-electron chi connectivity index (χ1n) is 6.83. The summed E-state index contributed by atoms with van der Waals surface area (Å²) in [6.45, 7) is 2.68. The summed E-state index contributed by atoms with van der Waals surface area (Å²) < 4.78 is 18.7. The standard InChI is InChI=1S/C15H20FNO2/c1-11-10-12(6-7-14(11)16)15(18)17-8-9-19-13-4-2-3-5-13/h6-7,10,13H,2-5,8-9H2,1H3,(H,17,18). The van der Waals surface area contributed by atoms with E-state index in [1.807, 2.05) is 0 Å². The molecule has 4 heteroatoms. The average Bonchev–Trinajstić information content (AvgIpc) is 2.91. The SMILES string of the molecule is Cc1cc(C(=O)NCCOC2CCCC2)ccc1F. The summed E-state index contributed by atoms with van der Waals surface area (Å²) >= 11 is 0. The molecule has 0 atom stereocenters. The van der Waals surface area contributed by atoms with Gasteiger partial charge in [-0.2, -0.15) is 0 Å². The first-order valence-corrected chi connectivity index (χ1v) is 6.83. The molecule has 1 fully saturated rings. The van der Waals surface area contributed by atoms with E-state index in [1.54, 1.807) is 13.0 Å². The van der Waals surface area contributed by atoms with Gasteiger partial charge in [-0.05, 0) is 43.5 Å². The Labute approximate surface area is 113 Å². The molecule has 3 nitrogen and oxygen atoms in total. The van der Waals surface area contributed by atoms with Crippen LogP contribution in [0.5, 0.6) is 0 Å². The van der Waals surface area contributed by atoms with E-state index in [-0.39, 0.29) is 11.7 Å². The highest BCUT2D eigenvalue weighted by Gasteiger charge is 2.15. The molecule has 1 aromatic carbocycles. The number of amides is 1. The second-order valence-electron chi connectivity index (χ2n) is 5.00. The van der Waals surface area contributed by atoms with Gasteiger partial charge in [0.25, 0.3) is 5.91 Å². The van der Waals surface area contributed by atoms with Crippen LogP contribution in [0.4, 0.5) is 4.39 Å². The van der Waals surface area contributed by atoms with Crippen LogP contribution in [0, 0.1) is 12.7 Å². The molecule has 0 heterocycles. The summed E-state index contributed by atoms with van der Waals surface area (Å²) in [4.78, 5) is 11.8. The third-order valence-corrected chi connectivity index (χ3v) is 3.46. The highest BCUT2D eigenvalue weighted by Crippen LogP contribution is 2.20. The summed E-state index contributed by atoms with van der Waals surface area (Å²) in [5.41, 5.74) is 0.967. The Morgan fingerprint density at radius 2 is 2.16 bits per heavy atom. The summed E-state index contributed by atoms with van der Waals surface area (Å²) in [7, 11) is 0. The van der Waals surface area contributed by atoms with Gasteiger partial charge in [-0.3, -0.25) is 4.79 Å². The topological polar surface area (TPSA) is 38.3 Å². The number of ether oxygens (including phenoxy) is 1. The van der Waals surface area contributed by atoms with Crippen LogP contribution < -0.4 is 5.32 Å². The van der Waals surface area contributed by atoms with E-state index in [2.05, 4.69) is 5.32 Å². The van der Waals surface area contributed by atoms with Gasteiger partial charge >= 0.3 is 0 Å². The van der Waals surface area contributed by atoms with E-state index in [1.165, 1.54) is 25.0 Å². The molecule has 0 saturated heterocycles. The number of hydrogen-bond acceptors (Lipinski definition) is 2. The van der Waals surface area contributed by atoms with Crippen molar-refractivity contribution in [2.75, 3.05) is 13.2 Å². The highest BCUT2D eigenvalue weighted by atomic mass is 19.1. The van der Waals surface area contributed by atoms with Crippen LogP contribution >= 0.6 is 0 Å². The molecular weight excluding hydrogens is 245 g/mol. The van der Waals surface area contributed by atoms with Crippen molar-refractivity contribution < 1.29 is 13.9 Å². The molecule has 0 bridgehead atoms. The summed E-state index contributed by atoms with van der Waals surface area (Å²) in [6.07, 6.45) is 5.11. The Bertz CT molecular complexity index is 442. The minimum atomic E-state index is -0.291. The van der Waals surface area contributed by atoms with Crippen molar-refractivity contribution in [1.82, 2.24) is 5.32 Å². The monoisotopic (exact) mass is 265 g/mol. The summed E-state index contributed by atoms with van der Waals surface area (Å²) in [6, 6.07) is 4.37. The fourth-order valence-corrected chi connectivity index (χ4v) is 2.33. The minimum absolute atomic E-state index is 0.182. The molecule has 1 aliphatic carbocycles. The van der Waals surface area contributed by atoms with Gasteiger partial charge in [0.2, 0.25) is 0 Å². The lowest BCUT2D eigenvalue weighted by atomic mass is 10.1. The van der Waals surface area contributed by atoms with Crippen LogP contribution in [0.25, 0.3) is 0 Å². The smallest absolute Gasteiger partial charge is 0.251 e. The van der Waals surface area contributed by atoms with Gasteiger partial charge in [-0.1, -0.05) is 12.8 Å². The van der Waals surface area contributed by atoms with E-state index in [0.717, 1.165) is 12.8 Å². The molecule has 104 valence electrons. The van der Waals surface area contributed by atoms with Crippen LogP contribution in [0.3, 0.4) is 0 Å². The molecule has 1 N–H and O–H groups in total. The molecule has 0 unspecified atom stereocenters. The number of aryl methyl sites for hydroxylation is 1. The quantitative estimate of drug-likeness (QED) is 0.831. The Morgan fingerprint density at radius 3 is 2.84 bits per heavy atom. The van der Waals surface area contributed by atoms with Crippen molar-refractivity contribution in [3.63, 3.8) is 0 Å². The van der Waals surface area contributed by atoms with E-state index < -0.39 is 0 Å². The maximum absolute atomic E-state index is 13.1. The number of hydrogen-bond donors (Lipinski definition) is 1. The third-order valence-electron chi connectivity index (χ3n) is 3.46. The zero-order valence-corrected chi connectivity index (χ0v) is 11.2. The normalized spacial score (nSPS) is 15.7. The number of benzene rings is 1. The van der Waals surface area contributed by atoms with Crippen molar-refractivity contribution in [2.24, 2.45) is 0 Å².